The number of hydrogen-bond acceptors (Lipinski definition) is 5. The van der Waals surface area contributed by atoms with E-state index in [1.165, 1.54) is 6.07 Å². The Morgan fingerprint density at radius 3 is 2.87 bits per heavy atom. The number of rotatable bonds is 7. The first-order valence-corrected chi connectivity index (χ1v) is 10.1. The predicted molar refractivity (Wildman–Crippen MR) is 116 cm³/mol. The van der Waals surface area contributed by atoms with E-state index in [4.69, 9.17) is 4.74 Å². The molecule has 30 heavy (non-hydrogen) atoms. The second-order valence-corrected chi connectivity index (χ2v) is 7.24. The molecule has 8 heteroatoms. The van der Waals surface area contributed by atoms with Gasteiger partial charge in [-0.3, -0.25) is 9.36 Å². The standard InChI is InChI=1S/C22H19N3O4S/c26-14-16-3-1-2-4-19(16)25-11-10-23-22(25)20(30-28)9-12-29-17-6-7-18-15(13-17)5-8-21(27)24-18/h1-8,10-11,13,26H,9,12,14H2,(H,24,27). The number of nitrogens with zero attached hydrogens (tertiary/aromatic N) is 2. The molecule has 2 aromatic heterocycles. The van der Waals surface area contributed by atoms with Crippen molar-refractivity contribution in [3.8, 4) is 11.4 Å². The third-order valence-corrected chi connectivity index (χ3v) is 5.29. The second-order valence-electron chi connectivity index (χ2n) is 6.58. The first-order valence-electron chi connectivity index (χ1n) is 9.34. The van der Waals surface area contributed by atoms with Crippen LogP contribution < -0.4 is 10.3 Å². The van der Waals surface area contributed by atoms with Gasteiger partial charge in [-0.2, -0.15) is 0 Å². The zero-order valence-corrected chi connectivity index (χ0v) is 16.8. The monoisotopic (exact) mass is 421 g/mol. The molecule has 2 aromatic carbocycles. The van der Waals surface area contributed by atoms with E-state index < -0.39 is 0 Å². The summed E-state index contributed by atoms with van der Waals surface area (Å²) < 4.78 is 19.4. The third-order valence-electron chi connectivity index (χ3n) is 4.71. The van der Waals surface area contributed by atoms with Gasteiger partial charge in [-0.1, -0.05) is 18.2 Å². The molecule has 0 fully saturated rings. The molecule has 2 N–H and O–H groups in total. The van der Waals surface area contributed by atoms with Gasteiger partial charge in [-0.05, 0) is 30.3 Å². The van der Waals surface area contributed by atoms with Crippen molar-refractivity contribution in [2.75, 3.05) is 6.61 Å². The normalized spacial score (nSPS) is 10.8. The number of ether oxygens (including phenoxy) is 1. The van der Waals surface area contributed by atoms with Crippen molar-refractivity contribution < 1.29 is 14.1 Å². The van der Waals surface area contributed by atoms with Crippen molar-refractivity contribution in [2.45, 2.75) is 13.0 Å². The summed E-state index contributed by atoms with van der Waals surface area (Å²) >= 11 is 0.390. The number of pyridine rings is 1. The fraction of sp³-hybridized carbons (Fsp3) is 0.136. The Labute approximate surface area is 175 Å². The Morgan fingerprint density at radius 1 is 1.17 bits per heavy atom. The minimum absolute atomic E-state index is 0.107. The Morgan fingerprint density at radius 2 is 2.03 bits per heavy atom. The van der Waals surface area contributed by atoms with Gasteiger partial charge >= 0.3 is 0 Å². The number of aliphatic hydroxyl groups is 1. The molecule has 0 aliphatic heterocycles. The highest BCUT2D eigenvalue weighted by molar-refractivity contribution is 7.67. The number of aromatic nitrogens is 3. The average Bonchev–Trinajstić information content (AvgIpc) is 3.26. The molecule has 0 amide bonds. The van der Waals surface area contributed by atoms with Crippen molar-refractivity contribution in [1.82, 2.24) is 14.5 Å². The molecule has 152 valence electrons. The summed E-state index contributed by atoms with van der Waals surface area (Å²) in [4.78, 5) is 19.0. The van der Waals surface area contributed by atoms with E-state index in [1.807, 2.05) is 30.3 Å². The highest BCUT2D eigenvalue weighted by atomic mass is 32.1. The van der Waals surface area contributed by atoms with Crippen LogP contribution >= 0.6 is 0 Å². The van der Waals surface area contributed by atoms with Crippen molar-refractivity contribution >= 4 is 27.0 Å². The maximum absolute atomic E-state index is 11.8. The molecule has 0 aliphatic carbocycles. The minimum Gasteiger partial charge on any atom is -0.493 e. The van der Waals surface area contributed by atoms with Gasteiger partial charge in [0.2, 0.25) is 5.56 Å². The van der Waals surface area contributed by atoms with Crippen LogP contribution in [0.25, 0.3) is 16.6 Å². The van der Waals surface area contributed by atoms with Crippen molar-refractivity contribution in [2.24, 2.45) is 0 Å². The maximum atomic E-state index is 11.8. The second kappa shape index (κ2) is 8.89. The van der Waals surface area contributed by atoms with Crippen LogP contribution in [0, 0.1) is 0 Å². The summed E-state index contributed by atoms with van der Waals surface area (Å²) in [5, 5.41) is 10.5. The molecule has 0 atom stereocenters. The number of para-hydroxylation sites is 1. The largest absolute Gasteiger partial charge is 0.493 e. The predicted octanol–water partition coefficient (Wildman–Crippen LogP) is 2.41. The first-order chi connectivity index (χ1) is 14.7. The molecule has 7 nitrogen and oxygen atoms in total. The van der Waals surface area contributed by atoms with Gasteiger partial charge in [-0.25, -0.2) is 9.19 Å². The van der Waals surface area contributed by atoms with Gasteiger partial charge in [0.15, 0.2) is 5.82 Å². The molecular formula is C22H19N3O4S. The zero-order valence-electron chi connectivity index (χ0n) is 15.9. The molecule has 4 rings (SSSR count). The number of benzene rings is 2. The van der Waals surface area contributed by atoms with E-state index in [1.54, 1.807) is 35.2 Å². The molecule has 0 spiro atoms. The van der Waals surface area contributed by atoms with Crippen molar-refractivity contribution in [1.29, 1.82) is 0 Å². The first kappa shape index (κ1) is 19.8. The van der Waals surface area contributed by atoms with Gasteiger partial charge < -0.3 is 14.8 Å². The van der Waals surface area contributed by atoms with E-state index in [0.717, 1.165) is 22.2 Å². The Hall–Kier alpha value is -3.49. The summed E-state index contributed by atoms with van der Waals surface area (Å²) in [6.45, 7) is 0.192. The molecule has 0 radical (unpaired) electrons. The number of hydrogen-bond donors (Lipinski definition) is 2. The molecule has 0 saturated carbocycles. The summed E-state index contributed by atoms with van der Waals surface area (Å²) in [5.74, 6) is 1.19. The lowest BCUT2D eigenvalue weighted by Crippen LogP contribution is -2.14. The number of aromatic amines is 1. The Balaban J connectivity index is 1.50. The van der Waals surface area contributed by atoms with Crippen LogP contribution in [0.2, 0.25) is 0 Å². The van der Waals surface area contributed by atoms with Crippen LogP contribution in [-0.4, -0.2) is 35.3 Å². The van der Waals surface area contributed by atoms with Crippen LogP contribution in [0.3, 0.4) is 0 Å². The van der Waals surface area contributed by atoms with Gasteiger partial charge in [-0.15, -0.1) is 0 Å². The van der Waals surface area contributed by atoms with E-state index in [-0.39, 0.29) is 12.2 Å². The molecule has 4 aromatic rings. The summed E-state index contributed by atoms with van der Waals surface area (Å²) in [6.07, 6.45) is 3.78. The summed E-state index contributed by atoms with van der Waals surface area (Å²) in [5.41, 5.74) is 2.11. The highest BCUT2D eigenvalue weighted by Gasteiger charge is 2.14. The Bertz CT molecular complexity index is 1300. The number of fused-ring (bicyclic) bond motifs is 1. The number of aliphatic hydroxyl groups excluding tert-OH is 1. The number of nitrogens with one attached hydrogen (secondary N) is 1. The fourth-order valence-electron chi connectivity index (χ4n) is 3.26. The van der Waals surface area contributed by atoms with Gasteiger partial charge in [0, 0.05) is 41.3 Å². The van der Waals surface area contributed by atoms with Crippen LogP contribution in [0.5, 0.6) is 5.75 Å². The summed E-state index contributed by atoms with van der Waals surface area (Å²) in [7, 11) is 0. The van der Waals surface area contributed by atoms with Crippen LogP contribution in [0.15, 0.2) is 71.8 Å². The molecule has 0 aliphatic rings. The molecular weight excluding hydrogens is 402 g/mol. The molecule has 2 heterocycles. The maximum Gasteiger partial charge on any atom is 0.248 e. The minimum atomic E-state index is -0.152. The average molecular weight is 421 g/mol. The third kappa shape index (κ3) is 4.10. The Kier molecular flexibility index (Phi) is 5.87. The topological polar surface area (TPSA) is 97.2 Å². The van der Waals surface area contributed by atoms with Gasteiger partial charge in [0.05, 0.1) is 35.0 Å². The molecule has 0 unspecified atom stereocenters. The number of H-pyrrole nitrogens is 1. The molecule has 0 bridgehead atoms. The molecule has 0 saturated heterocycles. The summed E-state index contributed by atoms with van der Waals surface area (Å²) in [6, 6.07) is 16.0. The van der Waals surface area contributed by atoms with Crippen LogP contribution in [0.1, 0.15) is 17.8 Å². The smallest absolute Gasteiger partial charge is 0.248 e. The lowest BCUT2D eigenvalue weighted by atomic mass is 10.2. The van der Waals surface area contributed by atoms with E-state index >= 15 is 0 Å². The van der Waals surface area contributed by atoms with E-state index in [2.05, 4.69) is 9.97 Å². The van der Waals surface area contributed by atoms with Crippen LogP contribution in [0.4, 0.5) is 0 Å². The van der Waals surface area contributed by atoms with Gasteiger partial charge in [0.1, 0.15) is 5.75 Å². The van der Waals surface area contributed by atoms with Crippen molar-refractivity contribution in [3.05, 3.63) is 88.7 Å². The highest BCUT2D eigenvalue weighted by Crippen LogP contribution is 2.20. The zero-order chi connectivity index (χ0) is 20.9. The van der Waals surface area contributed by atoms with E-state index in [0.29, 0.717) is 40.7 Å². The lowest BCUT2D eigenvalue weighted by molar-refractivity contribution is 0.281. The van der Waals surface area contributed by atoms with Crippen LogP contribution in [-0.2, 0) is 17.9 Å². The van der Waals surface area contributed by atoms with Crippen molar-refractivity contribution in [3.63, 3.8) is 0 Å². The number of imidazole rings is 1. The SMILES string of the molecule is O=S=C(CCOc1ccc2[nH]c(=O)ccc2c1)c1nccn1-c1ccccc1CO. The van der Waals surface area contributed by atoms with Gasteiger partial charge in [0.25, 0.3) is 0 Å². The van der Waals surface area contributed by atoms with E-state index in [9.17, 15) is 14.1 Å². The fourth-order valence-corrected chi connectivity index (χ4v) is 3.65. The quantitative estimate of drug-likeness (QED) is 0.353. The lowest BCUT2D eigenvalue weighted by Gasteiger charge is -2.12.